The Hall–Kier alpha value is -1.76. The predicted octanol–water partition coefficient (Wildman–Crippen LogP) is 5.09. The second-order valence-electron chi connectivity index (χ2n) is 5.72. The van der Waals surface area contributed by atoms with Crippen molar-refractivity contribution in [1.82, 2.24) is 0 Å². The summed E-state index contributed by atoms with van der Waals surface area (Å²) in [6.07, 6.45) is 4.05. The quantitative estimate of drug-likeness (QED) is 0.530. The Morgan fingerprint density at radius 3 is 2.29 bits per heavy atom. The number of ether oxygens (including phenoxy) is 1. The van der Waals surface area contributed by atoms with Crippen LogP contribution in [0.4, 0.5) is 0 Å². The van der Waals surface area contributed by atoms with E-state index in [1.807, 2.05) is 36.4 Å². The van der Waals surface area contributed by atoms with E-state index >= 15 is 0 Å². The molecular weight excluding hydrogens is 364 g/mol. The lowest BCUT2D eigenvalue weighted by Crippen LogP contribution is -1.97. The molecule has 0 radical (unpaired) electrons. The summed E-state index contributed by atoms with van der Waals surface area (Å²) in [4.78, 5) is 0. The smallest absolute Gasteiger partial charge is 0.119 e. The number of unbranched alkanes of at least 4 members (excludes halogenated alkanes) is 3. The third-order valence-corrected chi connectivity index (χ3v) is 4.57. The topological polar surface area (TPSA) is 29.5 Å². The number of aliphatic hydroxyl groups excluding tert-OH is 1. The molecule has 2 rings (SSSR count). The molecule has 0 aliphatic carbocycles. The molecule has 0 aliphatic rings. The minimum absolute atomic E-state index is 0.281. The van der Waals surface area contributed by atoms with Gasteiger partial charge in [-0.3, -0.25) is 0 Å². The summed E-state index contributed by atoms with van der Waals surface area (Å²) >= 11 is 3.50. The van der Waals surface area contributed by atoms with Crippen LogP contribution in [0.2, 0.25) is 0 Å². The molecule has 0 aliphatic heterocycles. The molecule has 0 fully saturated rings. The van der Waals surface area contributed by atoms with Gasteiger partial charge in [0.1, 0.15) is 5.75 Å². The average molecular weight is 387 g/mol. The molecule has 0 amide bonds. The van der Waals surface area contributed by atoms with E-state index in [0.717, 1.165) is 47.0 Å². The fourth-order valence-corrected chi connectivity index (χ4v) is 2.51. The van der Waals surface area contributed by atoms with Crippen molar-refractivity contribution in [2.45, 2.75) is 32.6 Å². The Kier molecular flexibility index (Phi) is 7.88. The molecule has 0 heterocycles. The molecule has 0 aromatic heterocycles. The van der Waals surface area contributed by atoms with Crippen LogP contribution in [0, 0.1) is 18.8 Å². The van der Waals surface area contributed by atoms with E-state index in [1.54, 1.807) is 0 Å². The van der Waals surface area contributed by atoms with E-state index in [4.69, 9.17) is 9.84 Å². The van der Waals surface area contributed by atoms with Gasteiger partial charge in [-0.25, -0.2) is 0 Å². The third kappa shape index (κ3) is 6.39. The standard InChI is InChI=1S/C21H23BrO2/c1-17-16-19(10-13-21(17)22)7-6-18-8-11-20(12-9-18)24-15-5-3-2-4-14-23/h8-13,16,23H,2-5,14-15H2,1H3. The Balaban J connectivity index is 1.84. The van der Waals surface area contributed by atoms with E-state index in [-0.39, 0.29) is 6.61 Å². The first-order valence-corrected chi connectivity index (χ1v) is 9.10. The third-order valence-electron chi connectivity index (χ3n) is 3.68. The van der Waals surface area contributed by atoms with Crippen molar-refractivity contribution in [3.63, 3.8) is 0 Å². The maximum atomic E-state index is 8.72. The van der Waals surface area contributed by atoms with Gasteiger partial charge in [0.25, 0.3) is 0 Å². The average Bonchev–Trinajstić information content (AvgIpc) is 2.60. The lowest BCUT2D eigenvalue weighted by molar-refractivity contribution is 0.273. The first-order valence-electron chi connectivity index (χ1n) is 8.31. The van der Waals surface area contributed by atoms with Gasteiger partial charge in [0.05, 0.1) is 6.61 Å². The number of aliphatic hydroxyl groups is 1. The minimum atomic E-state index is 0.281. The zero-order chi connectivity index (χ0) is 17.2. The summed E-state index contributed by atoms with van der Waals surface area (Å²) in [5.41, 5.74) is 3.18. The molecule has 24 heavy (non-hydrogen) atoms. The van der Waals surface area contributed by atoms with Crippen molar-refractivity contribution in [3.8, 4) is 17.6 Å². The van der Waals surface area contributed by atoms with Gasteiger partial charge in [0.15, 0.2) is 0 Å². The van der Waals surface area contributed by atoms with Gasteiger partial charge in [-0.15, -0.1) is 0 Å². The number of aryl methyl sites for hydroxylation is 1. The number of halogens is 1. The second-order valence-corrected chi connectivity index (χ2v) is 6.58. The number of rotatable bonds is 7. The molecule has 2 nitrogen and oxygen atoms in total. The largest absolute Gasteiger partial charge is 0.494 e. The van der Waals surface area contributed by atoms with Crippen LogP contribution in [0.3, 0.4) is 0 Å². The van der Waals surface area contributed by atoms with Crippen molar-refractivity contribution in [1.29, 1.82) is 0 Å². The molecule has 0 unspecified atom stereocenters. The molecule has 0 atom stereocenters. The normalized spacial score (nSPS) is 10.1. The fourth-order valence-electron chi connectivity index (χ4n) is 2.26. The van der Waals surface area contributed by atoms with Crippen LogP contribution in [-0.4, -0.2) is 18.3 Å². The fraction of sp³-hybridized carbons (Fsp3) is 0.333. The summed E-state index contributed by atoms with van der Waals surface area (Å²) in [5, 5.41) is 8.72. The first-order chi connectivity index (χ1) is 11.7. The van der Waals surface area contributed by atoms with Crippen LogP contribution in [0.1, 0.15) is 42.4 Å². The van der Waals surface area contributed by atoms with Gasteiger partial charge >= 0.3 is 0 Å². The molecule has 0 bridgehead atoms. The molecule has 1 N–H and O–H groups in total. The second kappa shape index (κ2) is 10.2. The van der Waals surface area contributed by atoms with Crippen LogP contribution < -0.4 is 4.74 Å². The Morgan fingerprint density at radius 1 is 0.917 bits per heavy atom. The van der Waals surface area contributed by atoms with Crippen molar-refractivity contribution >= 4 is 15.9 Å². The highest BCUT2D eigenvalue weighted by Gasteiger charge is 1.96. The zero-order valence-electron chi connectivity index (χ0n) is 14.0. The monoisotopic (exact) mass is 386 g/mol. The summed E-state index contributed by atoms with van der Waals surface area (Å²) in [5.74, 6) is 7.25. The first kappa shape index (κ1) is 18.6. The molecule has 126 valence electrons. The van der Waals surface area contributed by atoms with Crippen molar-refractivity contribution in [2.24, 2.45) is 0 Å². The Bertz CT molecular complexity index is 696. The predicted molar refractivity (Wildman–Crippen MR) is 102 cm³/mol. The highest BCUT2D eigenvalue weighted by Crippen LogP contribution is 2.17. The number of hydrogen-bond acceptors (Lipinski definition) is 2. The van der Waals surface area contributed by atoms with Gasteiger partial charge in [-0.05, 0) is 74.2 Å². The van der Waals surface area contributed by atoms with E-state index in [9.17, 15) is 0 Å². The maximum absolute atomic E-state index is 8.72. The lowest BCUT2D eigenvalue weighted by atomic mass is 10.1. The molecule has 0 saturated heterocycles. The van der Waals surface area contributed by atoms with Gasteiger partial charge in [0.2, 0.25) is 0 Å². The lowest BCUT2D eigenvalue weighted by Gasteiger charge is -2.05. The highest BCUT2D eigenvalue weighted by molar-refractivity contribution is 9.10. The van der Waals surface area contributed by atoms with Crippen LogP contribution in [0.25, 0.3) is 0 Å². The summed E-state index contributed by atoms with van der Waals surface area (Å²) in [6.45, 7) is 3.06. The van der Waals surface area contributed by atoms with Gasteiger partial charge in [-0.2, -0.15) is 0 Å². The van der Waals surface area contributed by atoms with E-state index in [2.05, 4.69) is 40.8 Å². The summed E-state index contributed by atoms with van der Waals surface area (Å²) < 4.78 is 6.82. The number of benzene rings is 2. The van der Waals surface area contributed by atoms with Gasteiger partial charge in [0, 0.05) is 22.2 Å². The van der Waals surface area contributed by atoms with Crippen LogP contribution in [0.5, 0.6) is 5.75 Å². The molecule has 0 saturated carbocycles. The molecular formula is C21H23BrO2. The van der Waals surface area contributed by atoms with Gasteiger partial charge < -0.3 is 9.84 Å². The SMILES string of the molecule is Cc1cc(C#Cc2ccc(OCCCCCCO)cc2)ccc1Br. The summed E-state index contributed by atoms with van der Waals surface area (Å²) in [6, 6.07) is 14.0. The zero-order valence-corrected chi connectivity index (χ0v) is 15.6. The van der Waals surface area contributed by atoms with Crippen LogP contribution in [-0.2, 0) is 0 Å². The molecule has 2 aromatic carbocycles. The van der Waals surface area contributed by atoms with E-state index in [1.165, 1.54) is 5.56 Å². The minimum Gasteiger partial charge on any atom is -0.494 e. The Morgan fingerprint density at radius 2 is 1.58 bits per heavy atom. The molecule has 0 spiro atoms. The number of hydrogen-bond donors (Lipinski definition) is 1. The maximum Gasteiger partial charge on any atom is 0.119 e. The van der Waals surface area contributed by atoms with Crippen LogP contribution >= 0.6 is 15.9 Å². The van der Waals surface area contributed by atoms with Crippen molar-refractivity contribution < 1.29 is 9.84 Å². The van der Waals surface area contributed by atoms with E-state index < -0.39 is 0 Å². The molecule has 3 heteroatoms. The van der Waals surface area contributed by atoms with Crippen molar-refractivity contribution in [3.05, 3.63) is 63.6 Å². The summed E-state index contributed by atoms with van der Waals surface area (Å²) in [7, 11) is 0. The van der Waals surface area contributed by atoms with Crippen LogP contribution in [0.15, 0.2) is 46.9 Å². The molecule has 2 aromatic rings. The van der Waals surface area contributed by atoms with Crippen molar-refractivity contribution in [2.75, 3.05) is 13.2 Å². The van der Waals surface area contributed by atoms with Gasteiger partial charge in [-0.1, -0.05) is 34.2 Å². The Labute approximate surface area is 153 Å². The van der Waals surface area contributed by atoms with E-state index in [0.29, 0.717) is 6.61 Å². The highest BCUT2D eigenvalue weighted by atomic mass is 79.9.